The lowest BCUT2D eigenvalue weighted by molar-refractivity contribution is 0.0835. The summed E-state index contributed by atoms with van der Waals surface area (Å²) in [6, 6.07) is 5.66. The van der Waals surface area contributed by atoms with Gasteiger partial charge >= 0.3 is 0 Å². The summed E-state index contributed by atoms with van der Waals surface area (Å²) in [5, 5.41) is 7.51. The number of amides is 1. The Morgan fingerprint density at radius 3 is 2.83 bits per heavy atom. The fourth-order valence-corrected chi connectivity index (χ4v) is 6.40. The van der Waals surface area contributed by atoms with Crippen LogP contribution >= 0.6 is 11.3 Å². The maximum Gasteiger partial charge on any atom is 0.260 e. The van der Waals surface area contributed by atoms with Gasteiger partial charge in [0.25, 0.3) is 5.91 Å². The van der Waals surface area contributed by atoms with Crippen LogP contribution in [0.5, 0.6) is 0 Å². The second kappa shape index (κ2) is 9.37. The van der Waals surface area contributed by atoms with Gasteiger partial charge in [-0.05, 0) is 38.0 Å². The third-order valence-electron chi connectivity index (χ3n) is 6.28. The van der Waals surface area contributed by atoms with Gasteiger partial charge in [0.1, 0.15) is 6.67 Å². The number of aliphatic imine (C=N–C) groups is 1. The van der Waals surface area contributed by atoms with E-state index >= 15 is 0 Å². The number of aromatic nitrogens is 3. The lowest BCUT2D eigenvalue weighted by Gasteiger charge is -2.24. The van der Waals surface area contributed by atoms with Gasteiger partial charge in [-0.25, -0.2) is 22.5 Å². The minimum atomic E-state index is -3.99. The number of benzene rings is 1. The molecule has 10 nitrogen and oxygen atoms in total. The molecule has 1 aliphatic carbocycles. The number of guanidine groups is 1. The van der Waals surface area contributed by atoms with Gasteiger partial charge in [-0.1, -0.05) is 6.07 Å². The number of carbonyl (C=O) groups is 1. The van der Waals surface area contributed by atoms with E-state index in [9.17, 15) is 17.6 Å². The van der Waals surface area contributed by atoms with Gasteiger partial charge in [-0.15, -0.1) is 11.3 Å². The molecular weight excluding hydrogens is 505 g/mol. The number of alkyl halides is 1. The summed E-state index contributed by atoms with van der Waals surface area (Å²) in [6.07, 6.45) is 4.37. The largest absolute Gasteiger partial charge is 0.346 e. The van der Waals surface area contributed by atoms with Crippen LogP contribution in [0.15, 0.2) is 52.1 Å². The standard InChI is InChI=1S/C23H26FN7O3S2/c1-15-20(35-14-26-15)19-10-25-22(28-19)31(12-16-9-27-30(2)11-16)21(32)17-4-3-5-18(8-17)36(33,34)29-23(13-24)6-7-23/h3-5,8-9,11,14,19,29H,6-7,10,12-13H2,1-2H3,(H,25,28)/t19-/m0/s1. The summed E-state index contributed by atoms with van der Waals surface area (Å²) in [5.74, 6) is -0.0298. The molecule has 2 aromatic heterocycles. The lowest BCUT2D eigenvalue weighted by atomic mass is 10.2. The Morgan fingerprint density at radius 1 is 1.39 bits per heavy atom. The second-order valence-corrected chi connectivity index (χ2v) is 11.7. The number of nitrogens with zero attached hydrogens (tertiary/aromatic N) is 5. The van der Waals surface area contributed by atoms with Gasteiger partial charge in [-0.3, -0.25) is 19.4 Å². The second-order valence-electron chi connectivity index (χ2n) is 9.12. The van der Waals surface area contributed by atoms with Gasteiger partial charge in [0.15, 0.2) is 0 Å². The molecule has 3 aromatic rings. The molecular formula is C23H26FN7O3S2. The van der Waals surface area contributed by atoms with E-state index < -0.39 is 28.1 Å². The van der Waals surface area contributed by atoms with E-state index in [1.807, 2.05) is 6.92 Å². The van der Waals surface area contributed by atoms with Crippen molar-refractivity contribution in [1.82, 2.24) is 29.7 Å². The Balaban J connectivity index is 1.42. The van der Waals surface area contributed by atoms with Crippen molar-refractivity contribution in [3.05, 3.63) is 63.9 Å². The van der Waals surface area contributed by atoms with Crippen molar-refractivity contribution >= 4 is 33.2 Å². The van der Waals surface area contributed by atoms with E-state index in [1.54, 1.807) is 35.7 Å². The molecule has 0 spiro atoms. The Hall–Kier alpha value is -3.16. The highest BCUT2D eigenvalue weighted by molar-refractivity contribution is 7.89. The Labute approximate surface area is 212 Å². The molecule has 1 amide bonds. The first-order chi connectivity index (χ1) is 17.2. The van der Waals surface area contributed by atoms with E-state index in [0.717, 1.165) is 16.1 Å². The molecule has 1 aliphatic heterocycles. The topological polar surface area (TPSA) is 122 Å². The minimum Gasteiger partial charge on any atom is -0.346 e. The highest BCUT2D eigenvalue weighted by Gasteiger charge is 2.46. The number of thiazole rings is 1. The zero-order valence-corrected chi connectivity index (χ0v) is 21.4. The van der Waals surface area contributed by atoms with E-state index in [0.29, 0.717) is 25.3 Å². The minimum absolute atomic E-state index is 0.0890. The van der Waals surface area contributed by atoms with Crippen molar-refractivity contribution < 1.29 is 17.6 Å². The number of nitrogens with one attached hydrogen (secondary N) is 2. The molecule has 1 aromatic carbocycles. The number of aryl methyl sites for hydroxylation is 2. The van der Waals surface area contributed by atoms with Crippen molar-refractivity contribution in [3.63, 3.8) is 0 Å². The zero-order valence-electron chi connectivity index (χ0n) is 19.8. The summed E-state index contributed by atoms with van der Waals surface area (Å²) in [5.41, 5.74) is 2.62. The number of rotatable bonds is 8. The smallest absolute Gasteiger partial charge is 0.260 e. The van der Waals surface area contributed by atoms with Crippen LogP contribution in [0, 0.1) is 6.92 Å². The number of halogens is 1. The average Bonchev–Trinajstić information content (AvgIpc) is 3.20. The summed E-state index contributed by atoms with van der Waals surface area (Å²) in [6.45, 7) is 1.79. The zero-order chi connectivity index (χ0) is 25.5. The maximum absolute atomic E-state index is 13.7. The molecule has 0 unspecified atom stereocenters. The third-order valence-corrected chi connectivity index (χ3v) is 8.90. The number of hydrogen-bond donors (Lipinski definition) is 2. The molecule has 3 heterocycles. The summed E-state index contributed by atoms with van der Waals surface area (Å²) in [4.78, 5) is 25.1. The first kappa shape index (κ1) is 24.5. The molecule has 5 rings (SSSR count). The molecule has 0 saturated heterocycles. The van der Waals surface area contributed by atoms with Crippen LogP contribution in [0.2, 0.25) is 0 Å². The van der Waals surface area contributed by atoms with Crippen molar-refractivity contribution in [2.75, 3.05) is 13.2 Å². The van der Waals surface area contributed by atoms with Gasteiger partial charge in [-0.2, -0.15) is 5.10 Å². The molecule has 2 aliphatic rings. The van der Waals surface area contributed by atoms with Gasteiger partial charge in [0, 0.05) is 24.4 Å². The average molecular weight is 532 g/mol. The van der Waals surface area contributed by atoms with Crippen LogP contribution in [0.1, 0.15) is 45.4 Å². The fourth-order valence-electron chi connectivity index (χ4n) is 4.07. The van der Waals surface area contributed by atoms with Crippen molar-refractivity contribution in [2.45, 2.75) is 42.8 Å². The molecule has 1 fully saturated rings. The summed E-state index contributed by atoms with van der Waals surface area (Å²) >= 11 is 1.52. The summed E-state index contributed by atoms with van der Waals surface area (Å²) in [7, 11) is -2.21. The summed E-state index contributed by atoms with van der Waals surface area (Å²) < 4.78 is 43.2. The quantitative estimate of drug-likeness (QED) is 0.460. The predicted octanol–water partition coefficient (Wildman–Crippen LogP) is 2.31. The Bertz CT molecular complexity index is 1430. The Morgan fingerprint density at radius 2 is 2.19 bits per heavy atom. The molecule has 13 heteroatoms. The molecule has 36 heavy (non-hydrogen) atoms. The van der Waals surface area contributed by atoms with E-state index in [2.05, 4.69) is 25.1 Å². The fraction of sp³-hybridized carbons (Fsp3) is 0.391. The SMILES string of the molecule is Cc1ncsc1[C@@H]1CN=C(N(Cc2cnn(C)c2)C(=O)c2cccc(S(=O)(=O)NC3(CF)CC3)c2)N1. The molecule has 1 atom stereocenters. The highest BCUT2D eigenvalue weighted by Crippen LogP contribution is 2.37. The van der Waals surface area contributed by atoms with Crippen molar-refractivity contribution in [1.29, 1.82) is 0 Å². The van der Waals surface area contributed by atoms with Gasteiger partial charge in [0.05, 0.1) is 51.8 Å². The first-order valence-electron chi connectivity index (χ1n) is 11.4. The van der Waals surface area contributed by atoms with E-state index in [-0.39, 0.29) is 23.0 Å². The van der Waals surface area contributed by atoms with Gasteiger partial charge < -0.3 is 5.32 Å². The first-order valence-corrected chi connectivity index (χ1v) is 13.8. The van der Waals surface area contributed by atoms with Crippen molar-refractivity contribution in [3.8, 4) is 0 Å². The van der Waals surface area contributed by atoms with Gasteiger partial charge in [0.2, 0.25) is 16.0 Å². The maximum atomic E-state index is 13.7. The number of sulfonamides is 1. The Kier molecular flexibility index (Phi) is 6.39. The van der Waals surface area contributed by atoms with E-state index in [1.165, 1.54) is 34.4 Å². The van der Waals surface area contributed by atoms with Crippen molar-refractivity contribution in [2.24, 2.45) is 12.0 Å². The molecule has 0 bridgehead atoms. The number of hydrogen-bond acceptors (Lipinski definition) is 8. The van der Waals surface area contributed by atoms with Crippen LogP contribution in [-0.4, -0.2) is 58.7 Å². The normalized spacial score (nSPS) is 18.5. The highest BCUT2D eigenvalue weighted by atomic mass is 32.2. The molecule has 190 valence electrons. The molecule has 2 N–H and O–H groups in total. The third kappa shape index (κ3) is 4.90. The van der Waals surface area contributed by atoms with Crippen LogP contribution in [0.25, 0.3) is 0 Å². The number of carbonyl (C=O) groups excluding carboxylic acids is 1. The van der Waals surface area contributed by atoms with E-state index in [4.69, 9.17) is 0 Å². The monoisotopic (exact) mass is 531 g/mol. The molecule has 0 radical (unpaired) electrons. The van der Waals surface area contributed by atoms with Crippen LogP contribution < -0.4 is 10.0 Å². The van der Waals surface area contributed by atoms with Crippen LogP contribution in [-0.2, 0) is 23.6 Å². The van der Waals surface area contributed by atoms with Crippen LogP contribution in [0.4, 0.5) is 4.39 Å². The van der Waals surface area contributed by atoms with Crippen LogP contribution in [0.3, 0.4) is 0 Å². The lowest BCUT2D eigenvalue weighted by Crippen LogP contribution is -2.43. The predicted molar refractivity (Wildman–Crippen MR) is 133 cm³/mol. The molecule has 1 saturated carbocycles.